The third-order valence-corrected chi connectivity index (χ3v) is 3.17. The van der Waals surface area contributed by atoms with Crippen LogP contribution in [0.4, 0.5) is 11.4 Å². The lowest BCUT2D eigenvalue weighted by Gasteiger charge is -2.16. The van der Waals surface area contributed by atoms with Crippen LogP contribution in [0.5, 0.6) is 0 Å². The summed E-state index contributed by atoms with van der Waals surface area (Å²) in [6.45, 7) is 1.09. The van der Waals surface area contributed by atoms with Gasteiger partial charge in [-0.2, -0.15) is 0 Å². The van der Waals surface area contributed by atoms with Crippen molar-refractivity contribution in [3.8, 4) is 0 Å². The average Bonchev–Trinajstić information content (AvgIpc) is 2.67. The van der Waals surface area contributed by atoms with Gasteiger partial charge in [0.1, 0.15) is 5.69 Å². The Hall–Kier alpha value is -0.890. The van der Waals surface area contributed by atoms with Gasteiger partial charge in [-0.25, -0.2) is 0 Å². The molecule has 1 aliphatic rings. The molecule has 0 aliphatic carbocycles. The molecule has 1 aromatic rings. The lowest BCUT2D eigenvalue weighted by molar-refractivity contribution is -0.384. The van der Waals surface area contributed by atoms with Crippen molar-refractivity contribution in [1.82, 2.24) is 5.32 Å². The summed E-state index contributed by atoms with van der Waals surface area (Å²) < 4.78 is 0.653. The van der Waals surface area contributed by atoms with Gasteiger partial charge in [-0.15, -0.1) is 12.4 Å². The number of rotatable bonds is 3. The SMILES string of the molecule is Cl.O=[N+]([O-])c1cc(Br)ccc1N[C@H]1CNC[C@@H]1O. The third kappa shape index (κ3) is 3.32. The van der Waals surface area contributed by atoms with Gasteiger partial charge >= 0.3 is 0 Å². The van der Waals surface area contributed by atoms with Gasteiger partial charge in [0.2, 0.25) is 0 Å². The summed E-state index contributed by atoms with van der Waals surface area (Å²) in [5.41, 5.74) is 0.421. The van der Waals surface area contributed by atoms with E-state index in [1.54, 1.807) is 12.1 Å². The average molecular weight is 339 g/mol. The first-order valence-corrected chi connectivity index (χ1v) is 5.96. The Balaban J connectivity index is 0.00000162. The lowest BCUT2D eigenvalue weighted by Crippen LogP contribution is -2.32. The number of nitrogens with zero attached hydrogens (tertiary/aromatic N) is 1. The summed E-state index contributed by atoms with van der Waals surface area (Å²) in [5.74, 6) is 0. The van der Waals surface area contributed by atoms with Crippen molar-refractivity contribution < 1.29 is 10.0 Å². The highest BCUT2D eigenvalue weighted by Crippen LogP contribution is 2.29. The molecule has 18 heavy (non-hydrogen) atoms. The second kappa shape index (κ2) is 6.33. The Morgan fingerprint density at radius 3 is 2.78 bits per heavy atom. The molecule has 1 aliphatic heterocycles. The quantitative estimate of drug-likeness (QED) is 0.574. The second-order valence-electron chi connectivity index (χ2n) is 3.90. The van der Waals surface area contributed by atoms with Crippen LogP contribution in [0, 0.1) is 10.1 Å². The van der Waals surface area contributed by atoms with Crippen molar-refractivity contribution in [2.45, 2.75) is 12.1 Å². The van der Waals surface area contributed by atoms with E-state index in [0.717, 1.165) is 0 Å². The molecule has 3 N–H and O–H groups in total. The fourth-order valence-electron chi connectivity index (χ4n) is 1.79. The van der Waals surface area contributed by atoms with Crippen molar-refractivity contribution in [3.05, 3.63) is 32.8 Å². The molecule has 1 aromatic carbocycles. The second-order valence-corrected chi connectivity index (χ2v) is 4.81. The van der Waals surface area contributed by atoms with E-state index in [9.17, 15) is 15.2 Å². The van der Waals surface area contributed by atoms with E-state index in [1.165, 1.54) is 6.07 Å². The zero-order valence-corrected chi connectivity index (χ0v) is 11.7. The van der Waals surface area contributed by atoms with Gasteiger partial charge in [0, 0.05) is 23.6 Å². The molecule has 0 spiro atoms. The summed E-state index contributed by atoms with van der Waals surface area (Å²) in [5, 5.41) is 26.5. The number of nitro benzene ring substituents is 1. The largest absolute Gasteiger partial charge is 0.390 e. The van der Waals surface area contributed by atoms with Gasteiger partial charge < -0.3 is 15.7 Å². The van der Waals surface area contributed by atoms with Crippen LogP contribution < -0.4 is 10.6 Å². The number of nitro groups is 1. The summed E-state index contributed by atoms with van der Waals surface area (Å²) >= 11 is 3.20. The predicted molar refractivity (Wildman–Crippen MR) is 74.3 cm³/mol. The topological polar surface area (TPSA) is 87.4 Å². The lowest BCUT2D eigenvalue weighted by atomic mass is 10.2. The Kier molecular flexibility index (Phi) is 5.33. The molecule has 0 unspecified atom stereocenters. The first kappa shape index (κ1) is 15.2. The Labute approximate surface area is 118 Å². The molecule has 0 bridgehead atoms. The van der Waals surface area contributed by atoms with Crippen molar-refractivity contribution in [2.24, 2.45) is 0 Å². The van der Waals surface area contributed by atoms with Crippen molar-refractivity contribution >= 4 is 39.7 Å². The minimum Gasteiger partial charge on any atom is -0.390 e. The number of halogens is 2. The number of anilines is 1. The first-order chi connectivity index (χ1) is 8.08. The summed E-state index contributed by atoms with van der Waals surface area (Å²) in [4.78, 5) is 10.5. The number of benzene rings is 1. The normalized spacial score (nSPS) is 22.3. The van der Waals surface area contributed by atoms with Crippen LogP contribution in [0.25, 0.3) is 0 Å². The molecule has 0 amide bonds. The molecular formula is C10H13BrClN3O3. The van der Waals surface area contributed by atoms with Crippen LogP contribution in [0.15, 0.2) is 22.7 Å². The summed E-state index contributed by atoms with van der Waals surface area (Å²) in [7, 11) is 0. The summed E-state index contributed by atoms with van der Waals surface area (Å²) in [6.07, 6.45) is -0.529. The molecule has 0 radical (unpaired) electrons. The molecule has 100 valence electrons. The van der Waals surface area contributed by atoms with Crippen LogP contribution >= 0.6 is 28.3 Å². The van der Waals surface area contributed by atoms with Crippen molar-refractivity contribution in [1.29, 1.82) is 0 Å². The molecule has 0 saturated carbocycles. The maximum absolute atomic E-state index is 10.9. The highest BCUT2D eigenvalue weighted by atomic mass is 79.9. The Morgan fingerprint density at radius 1 is 1.50 bits per heavy atom. The minimum absolute atomic E-state index is 0. The number of nitrogens with one attached hydrogen (secondary N) is 2. The maximum atomic E-state index is 10.9. The van der Waals surface area contributed by atoms with E-state index in [2.05, 4.69) is 26.6 Å². The van der Waals surface area contributed by atoms with Crippen molar-refractivity contribution in [2.75, 3.05) is 18.4 Å². The van der Waals surface area contributed by atoms with E-state index in [4.69, 9.17) is 0 Å². The molecular weight excluding hydrogens is 325 g/mol. The number of hydrogen-bond acceptors (Lipinski definition) is 5. The van der Waals surface area contributed by atoms with E-state index >= 15 is 0 Å². The van der Waals surface area contributed by atoms with Gasteiger partial charge in [-0.05, 0) is 12.1 Å². The first-order valence-electron chi connectivity index (χ1n) is 5.17. The van der Waals surface area contributed by atoms with Gasteiger partial charge in [-0.1, -0.05) is 15.9 Å². The number of aliphatic hydroxyl groups is 1. The van der Waals surface area contributed by atoms with Gasteiger partial charge in [0.05, 0.1) is 17.1 Å². The molecule has 1 heterocycles. The zero-order chi connectivity index (χ0) is 12.4. The smallest absolute Gasteiger partial charge is 0.293 e. The van der Waals surface area contributed by atoms with Gasteiger partial charge in [0.25, 0.3) is 5.69 Å². The Bertz CT molecular complexity index is 446. The van der Waals surface area contributed by atoms with E-state index in [1.807, 2.05) is 0 Å². The predicted octanol–water partition coefficient (Wildman–Crippen LogP) is 1.52. The van der Waals surface area contributed by atoms with Crippen LogP contribution in [0.2, 0.25) is 0 Å². The zero-order valence-electron chi connectivity index (χ0n) is 9.30. The van der Waals surface area contributed by atoms with Crippen LogP contribution in [0.1, 0.15) is 0 Å². The van der Waals surface area contributed by atoms with E-state index < -0.39 is 11.0 Å². The number of β-amino-alcohol motifs (C(OH)–C–C–N with tert-alkyl or cyclic N) is 1. The van der Waals surface area contributed by atoms with Gasteiger partial charge in [-0.3, -0.25) is 10.1 Å². The summed E-state index contributed by atoms with van der Waals surface area (Å²) in [6, 6.07) is 4.60. The van der Waals surface area contributed by atoms with Crippen molar-refractivity contribution in [3.63, 3.8) is 0 Å². The molecule has 2 rings (SSSR count). The third-order valence-electron chi connectivity index (χ3n) is 2.68. The molecule has 0 aromatic heterocycles. The van der Waals surface area contributed by atoms with Gasteiger partial charge in [0.15, 0.2) is 0 Å². The fraction of sp³-hybridized carbons (Fsp3) is 0.400. The fourth-order valence-corrected chi connectivity index (χ4v) is 2.14. The van der Waals surface area contributed by atoms with Crippen LogP contribution in [-0.2, 0) is 0 Å². The highest BCUT2D eigenvalue weighted by molar-refractivity contribution is 9.10. The molecule has 1 saturated heterocycles. The minimum atomic E-state index is -0.529. The molecule has 1 fully saturated rings. The van der Waals surface area contributed by atoms with E-state index in [-0.39, 0.29) is 24.1 Å². The Morgan fingerprint density at radius 2 is 2.22 bits per heavy atom. The highest BCUT2D eigenvalue weighted by Gasteiger charge is 2.26. The number of aliphatic hydroxyl groups excluding tert-OH is 1. The standard InChI is InChI=1S/C10H12BrN3O3.ClH/c11-6-1-2-7(9(3-6)14(16)17)13-8-4-12-5-10(8)15;/h1-3,8,10,12-13,15H,4-5H2;1H/t8-,10-;/m0./s1. The molecule has 8 heteroatoms. The maximum Gasteiger partial charge on any atom is 0.293 e. The monoisotopic (exact) mass is 337 g/mol. The van der Waals surface area contributed by atoms with Crippen LogP contribution in [-0.4, -0.2) is 35.3 Å². The van der Waals surface area contributed by atoms with Crippen LogP contribution in [0.3, 0.4) is 0 Å². The molecule has 6 nitrogen and oxygen atoms in total. The molecule has 2 atom stereocenters. The van der Waals surface area contributed by atoms with E-state index in [0.29, 0.717) is 23.2 Å². The number of hydrogen-bond donors (Lipinski definition) is 3.